The molecule has 1 N–H and O–H groups in total. The maximum Gasteiger partial charge on any atom is 0.122 e. The third-order valence-electron chi connectivity index (χ3n) is 4.03. The molecule has 3 heteroatoms. The van der Waals surface area contributed by atoms with Crippen molar-refractivity contribution in [3.8, 4) is 11.5 Å². The zero-order chi connectivity index (χ0) is 17.5. The first kappa shape index (κ1) is 18.2. The summed E-state index contributed by atoms with van der Waals surface area (Å²) in [6, 6.07) is 14.4. The van der Waals surface area contributed by atoms with E-state index < -0.39 is 0 Å². The number of hydrogen-bond acceptors (Lipinski definition) is 3. The smallest absolute Gasteiger partial charge is 0.122 e. The summed E-state index contributed by atoms with van der Waals surface area (Å²) in [5, 5.41) is 3.41. The Hall–Kier alpha value is -2.16. The molecule has 2 unspecified atom stereocenters. The molecule has 2 rings (SSSR count). The van der Waals surface area contributed by atoms with E-state index in [1.54, 1.807) is 0 Å². The van der Waals surface area contributed by atoms with Gasteiger partial charge in [0.15, 0.2) is 0 Å². The second-order valence-corrected chi connectivity index (χ2v) is 6.44. The molecule has 0 spiro atoms. The Labute approximate surface area is 146 Å². The molecule has 2 aromatic rings. The monoisotopic (exact) mass is 327 g/mol. The molecule has 0 bridgehead atoms. The lowest BCUT2D eigenvalue weighted by Gasteiger charge is -2.18. The van der Waals surface area contributed by atoms with Crippen molar-refractivity contribution >= 4 is 5.69 Å². The van der Waals surface area contributed by atoms with E-state index in [2.05, 4.69) is 58.1 Å². The maximum absolute atomic E-state index is 6.05. The molecule has 130 valence electrons. The van der Waals surface area contributed by atoms with Crippen LogP contribution < -0.4 is 14.8 Å². The zero-order valence-electron chi connectivity index (χ0n) is 15.4. The van der Waals surface area contributed by atoms with Crippen molar-refractivity contribution < 1.29 is 9.47 Å². The highest BCUT2D eigenvalue weighted by Gasteiger charge is 2.07. The number of benzene rings is 2. The highest BCUT2D eigenvalue weighted by molar-refractivity contribution is 5.46. The van der Waals surface area contributed by atoms with Crippen LogP contribution in [0.1, 0.15) is 38.3 Å². The topological polar surface area (TPSA) is 30.5 Å². The lowest BCUT2D eigenvalue weighted by atomic mass is 10.1. The van der Waals surface area contributed by atoms with Crippen LogP contribution in [0.15, 0.2) is 42.5 Å². The van der Waals surface area contributed by atoms with Gasteiger partial charge in [-0.1, -0.05) is 19.1 Å². The summed E-state index contributed by atoms with van der Waals surface area (Å²) >= 11 is 0. The minimum Gasteiger partial charge on any atom is -0.491 e. The molecule has 0 aliphatic carbocycles. The number of aryl methyl sites for hydroxylation is 2. The van der Waals surface area contributed by atoms with E-state index in [4.69, 9.17) is 9.47 Å². The quantitative estimate of drug-likeness (QED) is 0.708. The van der Waals surface area contributed by atoms with E-state index >= 15 is 0 Å². The van der Waals surface area contributed by atoms with Crippen molar-refractivity contribution in [1.29, 1.82) is 0 Å². The Kier molecular flexibility index (Phi) is 6.53. The van der Waals surface area contributed by atoms with Gasteiger partial charge in [0.05, 0.1) is 12.6 Å². The summed E-state index contributed by atoms with van der Waals surface area (Å²) in [6.07, 6.45) is 1.34. The van der Waals surface area contributed by atoms with Gasteiger partial charge < -0.3 is 14.8 Å². The molecule has 0 fully saturated rings. The first-order valence-corrected chi connectivity index (χ1v) is 8.72. The summed E-state index contributed by atoms with van der Waals surface area (Å²) in [6.45, 7) is 11.2. The van der Waals surface area contributed by atoms with Crippen molar-refractivity contribution in [3.63, 3.8) is 0 Å². The lowest BCUT2D eigenvalue weighted by Crippen LogP contribution is -2.23. The van der Waals surface area contributed by atoms with Crippen LogP contribution in [0.4, 0.5) is 5.69 Å². The molecule has 0 saturated heterocycles. The molecule has 0 radical (unpaired) electrons. The van der Waals surface area contributed by atoms with Gasteiger partial charge >= 0.3 is 0 Å². The third-order valence-corrected chi connectivity index (χ3v) is 4.03. The fourth-order valence-electron chi connectivity index (χ4n) is 2.32. The number of anilines is 1. The van der Waals surface area contributed by atoms with Crippen LogP contribution in [0, 0.1) is 13.8 Å². The Morgan fingerprint density at radius 3 is 2.29 bits per heavy atom. The van der Waals surface area contributed by atoms with Gasteiger partial charge in [-0.2, -0.15) is 0 Å². The number of ether oxygens (including phenoxy) is 2. The van der Waals surface area contributed by atoms with Gasteiger partial charge in [-0.3, -0.25) is 0 Å². The fraction of sp³-hybridized carbons (Fsp3) is 0.429. The molecule has 0 aromatic heterocycles. The molecular formula is C21H29NO2. The predicted molar refractivity (Wildman–Crippen MR) is 101 cm³/mol. The summed E-state index contributed by atoms with van der Waals surface area (Å²) in [5.41, 5.74) is 3.45. The van der Waals surface area contributed by atoms with Crippen LogP contribution in [-0.2, 0) is 0 Å². The fourth-order valence-corrected chi connectivity index (χ4v) is 2.32. The third kappa shape index (κ3) is 5.48. The van der Waals surface area contributed by atoms with Gasteiger partial charge in [0.2, 0.25) is 0 Å². The molecule has 2 atom stereocenters. The van der Waals surface area contributed by atoms with Crippen LogP contribution in [0.25, 0.3) is 0 Å². The van der Waals surface area contributed by atoms with E-state index in [1.165, 1.54) is 11.1 Å². The van der Waals surface area contributed by atoms with Gasteiger partial charge in [-0.05, 0) is 75.6 Å². The first-order chi connectivity index (χ1) is 11.5. The van der Waals surface area contributed by atoms with Crippen LogP contribution in [0.3, 0.4) is 0 Å². The van der Waals surface area contributed by atoms with Crippen LogP contribution in [0.5, 0.6) is 11.5 Å². The average molecular weight is 327 g/mol. The van der Waals surface area contributed by atoms with Crippen molar-refractivity contribution in [2.75, 3.05) is 11.9 Å². The number of rotatable bonds is 8. The summed E-state index contributed by atoms with van der Waals surface area (Å²) < 4.78 is 11.8. The second-order valence-electron chi connectivity index (χ2n) is 6.44. The van der Waals surface area contributed by atoms with E-state index in [0.717, 1.165) is 30.2 Å². The number of nitrogens with one attached hydrogen (secondary N) is 1. The largest absolute Gasteiger partial charge is 0.491 e. The predicted octanol–water partition coefficient (Wildman–Crippen LogP) is 5.36. The van der Waals surface area contributed by atoms with Crippen LogP contribution in [0.2, 0.25) is 0 Å². The van der Waals surface area contributed by atoms with E-state index in [9.17, 15) is 0 Å². The highest BCUT2D eigenvalue weighted by atomic mass is 16.5. The SMILES string of the molecule is CCC(C)Oc1ccc(NCC(C)Oc2cc(C)ccc2C)cc1. The van der Waals surface area contributed by atoms with Crippen molar-refractivity contribution in [2.24, 2.45) is 0 Å². The molecule has 2 aromatic carbocycles. The van der Waals surface area contributed by atoms with E-state index in [1.807, 2.05) is 24.3 Å². The number of hydrogen-bond donors (Lipinski definition) is 1. The van der Waals surface area contributed by atoms with Crippen molar-refractivity contribution in [2.45, 2.75) is 53.2 Å². The Balaban J connectivity index is 1.85. The van der Waals surface area contributed by atoms with Crippen LogP contribution in [-0.4, -0.2) is 18.8 Å². The summed E-state index contributed by atoms with van der Waals surface area (Å²) in [7, 11) is 0. The molecule has 0 saturated carbocycles. The maximum atomic E-state index is 6.05. The summed E-state index contributed by atoms with van der Waals surface area (Å²) in [4.78, 5) is 0. The molecule has 24 heavy (non-hydrogen) atoms. The highest BCUT2D eigenvalue weighted by Crippen LogP contribution is 2.21. The molecule has 0 aliphatic heterocycles. The Morgan fingerprint density at radius 1 is 0.917 bits per heavy atom. The van der Waals surface area contributed by atoms with E-state index in [-0.39, 0.29) is 12.2 Å². The lowest BCUT2D eigenvalue weighted by molar-refractivity contribution is 0.217. The summed E-state index contributed by atoms with van der Waals surface area (Å²) in [5.74, 6) is 1.87. The molecule has 3 nitrogen and oxygen atoms in total. The molecule has 0 heterocycles. The average Bonchev–Trinajstić information content (AvgIpc) is 2.57. The van der Waals surface area contributed by atoms with E-state index in [0.29, 0.717) is 0 Å². The second kappa shape index (κ2) is 8.62. The molecule has 0 amide bonds. The van der Waals surface area contributed by atoms with Crippen LogP contribution >= 0.6 is 0 Å². The van der Waals surface area contributed by atoms with Gasteiger partial charge in [-0.15, -0.1) is 0 Å². The van der Waals surface area contributed by atoms with Gasteiger partial charge in [0.1, 0.15) is 17.6 Å². The normalized spacial score (nSPS) is 13.2. The molecular weight excluding hydrogens is 298 g/mol. The van der Waals surface area contributed by atoms with Gasteiger partial charge in [0, 0.05) is 5.69 Å². The Morgan fingerprint density at radius 2 is 1.62 bits per heavy atom. The zero-order valence-corrected chi connectivity index (χ0v) is 15.4. The minimum atomic E-state index is 0.0848. The van der Waals surface area contributed by atoms with Crippen molar-refractivity contribution in [3.05, 3.63) is 53.6 Å². The standard InChI is InChI=1S/C21H29NO2/c1-6-17(4)23-20-11-9-19(10-12-20)22-14-18(5)24-21-13-15(2)7-8-16(21)3/h7-13,17-18,22H,6,14H2,1-5H3. The van der Waals surface area contributed by atoms with Crippen molar-refractivity contribution in [1.82, 2.24) is 0 Å². The van der Waals surface area contributed by atoms with Gasteiger partial charge in [0.25, 0.3) is 0 Å². The minimum absolute atomic E-state index is 0.0848. The molecule has 0 aliphatic rings. The Bertz CT molecular complexity index is 637. The van der Waals surface area contributed by atoms with Gasteiger partial charge in [-0.25, -0.2) is 0 Å². The first-order valence-electron chi connectivity index (χ1n) is 8.72.